The smallest absolute Gasteiger partial charge is 0.258 e. The molecule has 1 saturated carbocycles. The van der Waals surface area contributed by atoms with Crippen molar-refractivity contribution in [2.24, 2.45) is 5.92 Å². The van der Waals surface area contributed by atoms with Crippen LogP contribution < -0.4 is 5.56 Å². The fraction of sp³-hybridized carbons (Fsp3) is 0.526. The van der Waals surface area contributed by atoms with E-state index in [1.54, 1.807) is 6.07 Å². The van der Waals surface area contributed by atoms with Crippen LogP contribution in [-0.4, -0.2) is 40.0 Å². The molecule has 1 aliphatic carbocycles. The average Bonchev–Trinajstić information content (AvgIpc) is 3.06. The summed E-state index contributed by atoms with van der Waals surface area (Å²) in [7, 11) is 0. The molecule has 6 heteroatoms. The van der Waals surface area contributed by atoms with Gasteiger partial charge >= 0.3 is 0 Å². The van der Waals surface area contributed by atoms with Gasteiger partial charge in [0.05, 0.1) is 23.6 Å². The number of aromatic amines is 1. The Bertz CT molecular complexity index is 822. The number of rotatable bonds is 5. The fourth-order valence-electron chi connectivity index (χ4n) is 3.57. The summed E-state index contributed by atoms with van der Waals surface area (Å²) in [4.78, 5) is 34.3. The summed E-state index contributed by atoms with van der Waals surface area (Å²) in [5.41, 5.74) is 0.503. The summed E-state index contributed by atoms with van der Waals surface area (Å²) in [5, 5.41) is 0.572. The van der Waals surface area contributed by atoms with Gasteiger partial charge in [-0.15, -0.1) is 0 Å². The number of H-pyrrole nitrogens is 1. The molecule has 1 aromatic carbocycles. The second kappa shape index (κ2) is 6.96. The maximum absolute atomic E-state index is 12.8. The van der Waals surface area contributed by atoms with Crippen LogP contribution in [0.2, 0.25) is 0 Å². The van der Waals surface area contributed by atoms with Gasteiger partial charge in [0.1, 0.15) is 5.82 Å². The molecule has 0 radical (unpaired) electrons. The fourth-order valence-corrected chi connectivity index (χ4v) is 3.57. The van der Waals surface area contributed by atoms with Gasteiger partial charge in [0.2, 0.25) is 5.91 Å². The Balaban J connectivity index is 1.58. The van der Waals surface area contributed by atoms with E-state index in [1.807, 2.05) is 23.1 Å². The number of aromatic nitrogens is 2. The molecule has 1 aromatic heterocycles. The lowest BCUT2D eigenvalue weighted by Crippen LogP contribution is -2.42. The van der Waals surface area contributed by atoms with E-state index in [1.165, 1.54) is 0 Å². The van der Waals surface area contributed by atoms with Crippen molar-refractivity contribution in [3.8, 4) is 0 Å². The van der Waals surface area contributed by atoms with Gasteiger partial charge in [-0.3, -0.25) is 9.59 Å². The molecule has 2 fully saturated rings. The lowest BCUT2D eigenvalue weighted by molar-refractivity contribution is -0.140. The summed E-state index contributed by atoms with van der Waals surface area (Å²) < 4.78 is 5.71. The molecule has 1 amide bonds. The Kier molecular flexibility index (Phi) is 4.53. The Hall–Kier alpha value is -2.21. The van der Waals surface area contributed by atoms with E-state index in [0.717, 1.165) is 38.7 Å². The molecule has 1 saturated heterocycles. The van der Waals surface area contributed by atoms with Crippen LogP contribution in [-0.2, 0) is 16.1 Å². The van der Waals surface area contributed by atoms with Crippen LogP contribution in [0, 0.1) is 5.92 Å². The summed E-state index contributed by atoms with van der Waals surface area (Å²) in [6.07, 6.45) is 5.16. The molecule has 1 aliphatic heterocycles. The van der Waals surface area contributed by atoms with Crippen molar-refractivity contribution >= 4 is 16.8 Å². The molecular formula is C19H23N3O3. The van der Waals surface area contributed by atoms with Crippen molar-refractivity contribution in [2.45, 2.75) is 44.8 Å². The zero-order valence-electron chi connectivity index (χ0n) is 14.2. The molecule has 6 nitrogen and oxygen atoms in total. The van der Waals surface area contributed by atoms with Gasteiger partial charge < -0.3 is 14.6 Å². The van der Waals surface area contributed by atoms with E-state index in [9.17, 15) is 9.59 Å². The summed E-state index contributed by atoms with van der Waals surface area (Å²) in [5.74, 6) is 0.820. The largest absolute Gasteiger partial charge is 0.376 e. The second-order valence-electron chi connectivity index (χ2n) is 7.01. The third-order valence-corrected chi connectivity index (χ3v) is 5.22. The summed E-state index contributed by atoms with van der Waals surface area (Å²) in [6.45, 7) is 1.67. The molecular weight excluding hydrogens is 318 g/mol. The van der Waals surface area contributed by atoms with Crippen LogP contribution >= 0.6 is 0 Å². The Labute approximate surface area is 146 Å². The first-order chi connectivity index (χ1) is 12.2. The number of nitrogens with zero attached hydrogens (tertiary/aromatic N) is 2. The van der Waals surface area contributed by atoms with E-state index in [4.69, 9.17) is 4.74 Å². The number of carbonyl (C=O) groups excluding carboxylic acids is 1. The maximum Gasteiger partial charge on any atom is 0.258 e. The highest BCUT2D eigenvalue weighted by Crippen LogP contribution is 2.29. The lowest BCUT2D eigenvalue weighted by Gasteiger charge is -2.32. The number of hydrogen-bond donors (Lipinski definition) is 1. The van der Waals surface area contributed by atoms with Crippen LogP contribution in [0.15, 0.2) is 29.1 Å². The minimum absolute atomic E-state index is 0.0937. The van der Waals surface area contributed by atoms with Crippen molar-refractivity contribution < 1.29 is 9.53 Å². The van der Waals surface area contributed by atoms with Gasteiger partial charge in [0.25, 0.3) is 5.56 Å². The minimum Gasteiger partial charge on any atom is -0.376 e. The van der Waals surface area contributed by atoms with E-state index < -0.39 is 0 Å². The average molecular weight is 341 g/mol. The molecule has 25 heavy (non-hydrogen) atoms. The molecule has 1 N–H and O–H groups in total. The molecule has 4 rings (SSSR count). The molecule has 0 unspecified atom stereocenters. The number of hydrogen-bond acceptors (Lipinski definition) is 4. The lowest BCUT2D eigenvalue weighted by atomic mass is 9.84. The number of benzene rings is 1. The van der Waals surface area contributed by atoms with Gasteiger partial charge in [0.15, 0.2) is 0 Å². The number of amides is 1. The quantitative estimate of drug-likeness (QED) is 0.905. The molecule has 2 aromatic rings. The summed E-state index contributed by atoms with van der Waals surface area (Å²) >= 11 is 0. The standard InChI is InChI=1S/C19H23N3O3/c23-18-15-8-1-2-9-16(15)20-17(21-18)12-22(11-14-7-4-10-25-14)19(24)13-5-3-6-13/h1-2,8-9,13-14H,3-7,10-12H2,(H,20,21,23)/t14-/m1/s1. The molecule has 1 atom stereocenters. The highest BCUT2D eigenvalue weighted by atomic mass is 16.5. The van der Waals surface area contributed by atoms with E-state index >= 15 is 0 Å². The van der Waals surface area contributed by atoms with Crippen molar-refractivity contribution in [2.75, 3.05) is 13.2 Å². The van der Waals surface area contributed by atoms with Crippen molar-refractivity contribution in [1.82, 2.24) is 14.9 Å². The number of nitrogens with one attached hydrogen (secondary N) is 1. The monoisotopic (exact) mass is 341 g/mol. The second-order valence-corrected chi connectivity index (χ2v) is 7.01. The molecule has 2 aliphatic rings. The Morgan fingerprint density at radius 3 is 2.80 bits per heavy atom. The first kappa shape index (κ1) is 16.3. The summed E-state index contributed by atoms with van der Waals surface area (Å²) in [6, 6.07) is 7.27. The predicted octanol–water partition coefficient (Wildman–Crippen LogP) is 2.23. The van der Waals surface area contributed by atoms with Gasteiger partial charge in [-0.1, -0.05) is 18.6 Å². The third-order valence-electron chi connectivity index (χ3n) is 5.22. The number of para-hydroxylation sites is 1. The molecule has 0 bridgehead atoms. The predicted molar refractivity (Wildman–Crippen MR) is 94.1 cm³/mol. The van der Waals surface area contributed by atoms with Gasteiger partial charge in [0, 0.05) is 19.1 Å². The van der Waals surface area contributed by atoms with Gasteiger partial charge in [-0.2, -0.15) is 0 Å². The van der Waals surface area contributed by atoms with Gasteiger partial charge in [-0.05, 0) is 37.8 Å². The maximum atomic E-state index is 12.8. The van der Waals surface area contributed by atoms with Crippen molar-refractivity contribution in [1.29, 1.82) is 0 Å². The molecule has 132 valence electrons. The van der Waals surface area contributed by atoms with Crippen LogP contribution in [0.5, 0.6) is 0 Å². The van der Waals surface area contributed by atoms with E-state index in [-0.39, 0.29) is 23.5 Å². The SMILES string of the molecule is O=C(C1CCC1)N(Cc1nc2ccccc2c(=O)[nH]1)C[C@H]1CCCO1. The van der Waals surface area contributed by atoms with Gasteiger partial charge in [-0.25, -0.2) is 4.98 Å². The highest BCUT2D eigenvalue weighted by molar-refractivity contribution is 5.80. The molecule has 0 spiro atoms. The number of carbonyl (C=O) groups is 1. The van der Waals surface area contributed by atoms with Crippen LogP contribution in [0.25, 0.3) is 10.9 Å². The zero-order chi connectivity index (χ0) is 17.2. The number of fused-ring (bicyclic) bond motifs is 1. The zero-order valence-corrected chi connectivity index (χ0v) is 14.2. The molecule has 2 heterocycles. The third kappa shape index (κ3) is 3.44. The van der Waals surface area contributed by atoms with Crippen LogP contribution in [0.1, 0.15) is 37.9 Å². The van der Waals surface area contributed by atoms with Crippen LogP contribution in [0.4, 0.5) is 0 Å². The first-order valence-corrected chi connectivity index (χ1v) is 9.09. The van der Waals surface area contributed by atoms with E-state index in [0.29, 0.717) is 29.8 Å². The number of ether oxygens (including phenoxy) is 1. The normalized spacial score (nSPS) is 20.6. The Morgan fingerprint density at radius 1 is 1.24 bits per heavy atom. The first-order valence-electron chi connectivity index (χ1n) is 9.09. The van der Waals surface area contributed by atoms with Crippen molar-refractivity contribution in [3.05, 3.63) is 40.4 Å². The minimum atomic E-state index is -0.159. The topological polar surface area (TPSA) is 75.3 Å². The highest BCUT2D eigenvalue weighted by Gasteiger charge is 2.32. The van der Waals surface area contributed by atoms with E-state index in [2.05, 4.69) is 9.97 Å². The Morgan fingerprint density at radius 2 is 2.08 bits per heavy atom. The van der Waals surface area contributed by atoms with Crippen molar-refractivity contribution in [3.63, 3.8) is 0 Å². The van der Waals surface area contributed by atoms with Crippen LogP contribution in [0.3, 0.4) is 0 Å².